The van der Waals surface area contributed by atoms with Gasteiger partial charge in [0.05, 0.1) is 11.3 Å². The molecule has 3 rings (SSSR count). The average molecular weight is 309 g/mol. The Hall–Kier alpha value is -2.65. The van der Waals surface area contributed by atoms with Gasteiger partial charge >= 0.3 is 0 Å². The number of phenolic OH excluding ortho intramolecular Hbond substituents is 1. The molecule has 0 saturated heterocycles. The summed E-state index contributed by atoms with van der Waals surface area (Å²) in [6.45, 7) is 0. The molecule has 1 saturated carbocycles. The van der Waals surface area contributed by atoms with Crippen LogP contribution in [0.3, 0.4) is 0 Å². The number of aromatic hydroxyl groups is 1. The zero-order valence-corrected chi connectivity index (χ0v) is 12.7. The van der Waals surface area contributed by atoms with Gasteiger partial charge in [-0.3, -0.25) is 0 Å². The minimum atomic E-state index is 0.0860. The van der Waals surface area contributed by atoms with E-state index in [9.17, 15) is 10.4 Å². The van der Waals surface area contributed by atoms with Gasteiger partial charge in [-0.05, 0) is 31.4 Å². The summed E-state index contributed by atoms with van der Waals surface area (Å²) >= 11 is 0. The fourth-order valence-corrected chi connectivity index (χ4v) is 3.17. The number of aromatic nitrogens is 2. The number of anilines is 1. The minimum Gasteiger partial charge on any atom is -0.507 e. The molecular weight excluding hydrogens is 290 g/mol. The highest BCUT2D eigenvalue weighted by molar-refractivity contribution is 5.66. The maximum atomic E-state index is 10.0. The molecular formula is C17H19N5O. The molecule has 1 fully saturated rings. The van der Waals surface area contributed by atoms with E-state index in [0.29, 0.717) is 22.6 Å². The van der Waals surface area contributed by atoms with Crippen LogP contribution in [0.2, 0.25) is 0 Å². The number of nitrogens with zero attached hydrogens (tertiary/aromatic N) is 3. The van der Waals surface area contributed by atoms with E-state index in [-0.39, 0.29) is 23.5 Å². The van der Waals surface area contributed by atoms with Crippen molar-refractivity contribution in [2.24, 2.45) is 5.73 Å². The topological polar surface area (TPSA) is 122 Å². The zero-order chi connectivity index (χ0) is 16.4. The first-order chi connectivity index (χ1) is 11.1. The molecule has 0 spiro atoms. The Balaban J connectivity index is 2.11. The van der Waals surface area contributed by atoms with Crippen LogP contribution in [-0.2, 0) is 0 Å². The van der Waals surface area contributed by atoms with Crippen molar-refractivity contribution in [3.63, 3.8) is 0 Å². The maximum Gasteiger partial charge on any atom is 0.165 e. The van der Waals surface area contributed by atoms with E-state index in [1.807, 2.05) is 0 Å². The molecule has 6 nitrogen and oxygen atoms in total. The van der Waals surface area contributed by atoms with Gasteiger partial charge in [0, 0.05) is 12.0 Å². The lowest BCUT2D eigenvalue weighted by Crippen LogP contribution is -2.28. The van der Waals surface area contributed by atoms with E-state index in [4.69, 9.17) is 11.5 Å². The Labute approximate surface area is 134 Å². The number of nitrogen functional groups attached to an aromatic ring is 1. The van der Waals surface area contributed by atoms with E-state index in [1.165, 1.54) is 0 Å². The molecule has 1 heterocycles. The number of hydrogen-bond donors (Lipinski definition) is 3. The monoisotopic (exact) mass is 309 g/mol. The second kappa shape index (κ2) is 6.23. The molecule has 23 heavy (non-hydrogen) atoms. The molecule has 2 aromatic rings. The molecule has 1 aromatic carbocycles. The van der Waals surface area contributed by atoms with Gasteiger partial charge in [0.2, 0.25) is 0 Å². The van der Waals surface area contributed by atoms with Crippen LogP contribution in [0.25, 0.3) is 11.4 Å². The first-order valence-electron chi connectivity index (χ1n) is 7.71. The van der Waals surface area contributed by atoms with E-state index in [0.717, 1.165) is 25.7 Å². The van der Waals surface area contributed by atoms with Crippen molar-refractivity contribution >= 4 is 5.82 Å². The van der Waals surface area contributed by atoms with Crippen molar-refractivity contribution in [1.29, 1.82) is 5.26 Å². The van der Waals surface area contributed by atoms with Crippen molar-refractivity contribution in [1.82, 2.24) is 9.97 Å². The lowest BCUT2D eigenvalue weighted by atomic mass is 9.82. The molecule has 6 heteroatoms. The van der Waals surface area contributed by atoms with Crippen LogP contribution in [0.15, 0.2) is 24.3 Å². The quantitative estimate of drug-likeness (QED) is 0.782. The SMILES string of the molecule is N#Cc1c(N)nc(-c2ccccc2O)nc1C1CCCC(N)C1. The lowest BCUT2D eigenvalue weighted by Gasteiger charge is -2.27. The van der Waals surface area contributed by atoms with E-state index >= 15 is 0 Å². The summed E-state index contributed by atoms with van der Waals surface area (Å²) < 4.78 is 0. The predicted molar refractivity (Wildman–Crippen MR) is 87.4 cm³/mol. The minimum absolute atomic E-state index is 0.0860. The molecule has 2 unspecified atom stereocenters. The van der Waals surface area contributed by atoms with Crippen LogP contribution in [0.4, 0.5) is 5.82 Å². The standard InChI is InChI=1S/C17H19N5O/c18-9-13-15(10-4-3-5-11(19)8-10)21-17(22-16(13)20)12-6-1-2-7-14(12)23/h1-2,6-7,10-11,23H,3-5,8,19H2,(H2,20,21,22). The fourth-order valence-electron chi connectivity index (χ4n) is 3.17. The van der Waals surface area contributed by atoms with E-state index in [2.05, 4.69) is 16.0 Å². The third-order valence-electron chi connectivity index (χ3n) is 4.32. The van der Waals surface area contributed by atoms with Gasteiger partial charge in [-0.15, -0.1) is 0 Å². The largest absolute Gasteiger partial charge is 0.507 e. The first kappa shape index (κ1) is 15.3. The van der Waals surface area contributed by atoms with Gasteiger partial charge in [0.15, 0.2) is 5.82 Å². The molecule has 0 amide bonds. The Morgan fingerprint density at radius 1 is 1.22 bits per heavy atom. The second-order valence-corrected chi connectivity index (χ2v) is 5.95. The fraction of sp³-hybridized carbons (Fsp3) is 0.353. The average Bonchev–Trinajstić information content (AvgIpc) is 2.54. The summed E-state index contributed by atoms with van der Waals surface area (Å²) in [6.07, 6.45) is 3.71. The number of nitriles is 1. The molecule has 2 atom stereocenters. The molecule has 0 aliphatic heterocycles. The number of benzene rings is 1. The van der Waals surface area contributed by atoms with Crippen molar-refractivity contribution in [3.8, 4) is 23.2 Å². The normalized spacial score (nSPS) is 20.9. The van der Waals surface area contributed by atoms with Crippen LogP contribution in [0.5, 0.6) is 5.75 Å². The lowest BCUT2D eigenvalue weighted by molar-refractivity contribution is 0.387. The van der Waals surface area contributed by atoms with Crippen LogP contribution in [0.1, 0.15) is 42.9 Å². The molecule has 5 N–H and O–H groups in total. The smallest absolute Gasteiger partial charge is 0.165 e. The van der Waals surface area contributed by atoms with Gasteiger partial charge in [0.25, 0.3) is 0 Å². The number of para-hydroxylation sites is 1. The Kier molecular flexibility index (Phi) is 4.13. The van der Waals surface area contributed by atoms with E-state index in [1.54, 1.807) is 24.3 Å². The summed E-state index contributed by atoms with van der Waals surface area (Å²) in [7, 11) is 0. The van der Waals surface area contributed by atoms with E-state index < -0.39 is 0 Å². The van der Waals surface area contributed by atoms with Gasteiger partial charge in [-0.2, -0.15) is 5.26 Å². The van der Waals surface area contributed by atoms with Gasteiger partial charge in [0.1, 0.15) is 23.2 Å². The number of hydrogen-bond acceptors (Lipinski definition) is 6. The Morgan fingerprint density at radius 2 is 2.00 bits per heavy atom. The van der Waals surface area contributed by atoms with Crippen molar-refractivity contribution in [2.45, 2.75) is 37.6 Å². The summed E-state index contributed by atoms with van der Waals surface area (Å²) in [5, 5.41) is 19.4. The highest BCUT2D eigenvalue weighted by Crippen LogP contribution is 2.36. The summed E-state index contributed by atoms with van der Waals surface area (Å²) in [4.78, 5) is 8.77. The highest BCUT2D eigenvalue weighted by Gasteiger charge is 2.26. The maximum absolute atomic E-state index is 10.0. The van der Waals surface area contributed by atoms with Crippen LogP contribution in [0, 0.1) is 11.3 Å². The number of rotatable bonds is 2. The van der Waals surface area contributed by atoms with Crippen LogP contribution >= 0.6 is 0 Å². The van der Waals surface area contributed by atoms with Crippen molar-refractivity contribution < 1.29 is 5.11 Å². The summed E-state index contributed by atoms with van der Waals surface area (Å²) in [6, 6.07) is 9.06. The molecule has 0 radical (unpaired) electrons. The molecule has 118 valence electrons. The first-order valence-corrected chi connectivity index (χ1v) is 7.71. The molecule has 1 aliphatic carbocycles. The Morgan fingerprint density at radius 3 is 2.70 bits per heavy atom. The van der Waals surface area contributed by atoms with Crippen LogP contribution in [-0.4, -0.2) is 21.1 Å². The number of nitrogens with two attached hydrogens (primary N) is 2. The molecule has 1 aliphatic rings. The third kappa shape index (κ3) is 2.96. The van der Waals surface area contributed by atoms with Crippen LogP contribution < -0.4 is 11.5 Å². The number of phenols is 1. The van der Waals surface area contributed by atoms with Gasteiger partial charge in [-0.1, -0.05) is 18.6 Å². The highest BCUT2D eigenvalue weighted by atomic mass is 16.3. The van der Waals surface area contributed by atoms with Crippen molar-refractivity contribution in [3.05, 3.63) is 35.5 Å². The second-order valence-electron chi connectivity index (χ2n) is 5.95. The van der Waals surface area contributed by atoms with Gasteiger partial charge in [-0.25, -0.2) is 9.97 Å². The van der Waals surface area contributed by atoms with Gasteiger partial charge < -0.3 is 16.6 Å². The third-order valence-corrected chi connectivity index (χ3v) is 4.32. The molecule has 1 aromatic heterocycles. The zero-order valence-electron chi connectivity index (χ0n) is 12.7. The molecule has 0 bridgehead atoms. The Bertz CT molecular complexity index is 768. The predicted octanol–water partition coefficient (Wildman–Crippen LogP) is 2.29. The van der Waals surface area contributed by atoms with Crippen molar-refractivity contribution in [2.75, 3.05) is 5.73 Å². The summed E-state index contributed by atoms with van der Waals surface area (Å²) in [5.74, 6) is 0.676. The summed E-state index contributed by atoms with van der Waals surface area (Å²) in [5.41, 5.74) is 13.5.